The molecule has 7 nitrogen and oxygen atoms in total. The van der Waals surface area contributed by atoms with Crippen molar-refractivity contribution in [3.63, 3.8) is 0 Å². The van der Waals surface area contributed by atoms with Crippen LogP contribution in [0.15, 0.2) is 24.3 Å². The summed E-state index contributed by atoms with van der Waals surface area (Å²) in [5.74, 6) is -1.77. The van der Waals surface area contributed by atoms with E-state index in [0.29, 0.717) is 0 Å². The number of hydrogen-bond acceptors (Lipinski definition) is 6. The highest BCUT2D eigenvalue weighted by Crippen LogP contribution is 2.13. The van der Waals surface area contributed by atoms with Crippen LogP contribution in [0.3, 0.4) is 0 Å². The second-order valence-electron chi connectivity index (χ2n) is 2.75. The fraction of sp³-hybridized carbons (Fsp3) is 0.111. The number of benzene rings is 1. The van der Waals surface area contributed by atoms with Crippen LogP contribution in [0.1, 0.15) is 17.3 Å². The van der Waals surface area contributed by atoms with Crippen molar-refractivity contribution in [1.82, 2.24) is 0 Å². The maximum atomic E-state index is 11.2. The van der Waals surface area contributed by atoms with E-state index in [1.54, 1.807) is 0 Å². The van der Waals surface area contributed by atoms with Gasteiger partial charge in [0.25, 0.3) is 5.69 Å². The average Bonchev–Trinajstić information content (AvgIpc) is 2.26. The fourth-order valence-electron chi connectivity index (χ4n) is 0.891. The molecule has 0 saturated heterocycles. The molecule has 0 aromatic heterocycles. The molecule has 0 unspecified atom stereocenters. The van der Waals surface area contributed by atoms with Gasteiger partial charge in [0.15, 0.2) is 0 Å². The molecule has 0 saturated carbocycles. The van der Waals surface area contributed by atoms with Crippen LogP contribution in [-0.4, -0.2) is 16.9 Å². The molecule has 0 amide bonds. The zero-order valence-corrected chi connectivity index (χ0v) is 8.21. The van der Waals surface area contributed by atoms with Crippen LogP contribution < -0.4 is 0 Å². The quantitative estimate of drug-likeness (QED) is 0.426. The van der Waals surface area contributed by atoms with E-state index in [4.69, 9.17) is 0 Å². The van der Waals surface area contributed by atoms with Crippen LogP contribution in [0.4, 0.5) is 5.69 Å². The molecule has 1 rings (SSSR count). The lowest BCUT2D eigenvalue weighted by Gasteiger charge is -2.00. The lowest BCUT2D eigenvalue weighted by molar-refractivity contribution is -0.384. The molecule has 0 atom stereocenters. The van der Waals surface area contributed by atoms with E-state index in [0.717, 1.165) is 13.0 Å². The lowest BCUT2D eigenvalue weighted by atomic mass is 10.2. The summed E-state index contributed by atoms with van der Waals surface area (Å²) >= 11 is 0. The molecular formula is C9H7NO6. The molecular weight excluding hydrogens is 218 g/mol. The van der Waals surface area contributed by atoms with Gasteiger partial charge in [0.1, 0.15) is 0 Å². The number of carbonyl (C=O) groups is 2. The third kappa shape index (κ3) is 3.05. The predicted molar refractivity (Wildman–Crippen MR) is 50.3 cm³/mol. The Hall–Kier alpha value is -2.44. The summed E-state index contributed by atoms with van der Waals surface area (Å²) in [6.45, 7) is 1.06. The highest BCUT2D eigenvalue weighted by atomic mass is 17.2. The van der Waals surface area contributed by atoms with Crippen molar-refractivity contribution in [2.75, 3.05) is 0 Å². The summed E-state index contributed by atoms with van der Waals surface area (Å²) in [6, 6.07) is 4.87. The van der Waals surface area contributed by atoms with Gasteiger partial charge < -0.3 is 0 Å². The lowest BCUT2D eigenvalue weighted by Crippen LogP contribution is -2.09. The van der Waals surface area contributed by atoms with Crippen molar-refractivity contribution >= 4 is 17.6 Å². The summed E-state index contributed by atoms with van der Waals surface area (Å²) in [5, 5.41) is 10.4. The van der Waals surface area contributed by atoms with Crippen LogP contribution in [0, 0.1) is 10.1 Å². The summed E-state index contributed by atoms with van der Waals surface area (Å²) in [5.41, 5.74) is -0.326. The Kier molecular flexibility index (Phi) is 3.54. The number of non-ortho nitro benzene ring substituents is 1. The molecule has 0 spiro atoms. The van der Waals surface area contributed by atoms with Crippen LogP contribution in [0.2, 0.25) is 0 Å². The van der Waals surface area contributed by atoms with Gasteiger partial charge in [-0.05, 0) is 6.07 Å². The van der Waals surface area contributed by atoms with Gasteiger partial charge in [0.05, 0.1) is 10.5 Å². The number of nitrogens with zero attached hydrogens (tertiary/aromatic N) is 1. The first-order chi connectivity index (χ1) is 7.50. The van der Waals surface area contributed by atoms with Crippen LogP contribution >= 0.6 is 0 Å². The van der Waals surface area contributed by atoms with Gasteiger partial charge in [0, 0.05) is 19.1 Å². The third-order valence-electron chi connectivity index (χ3n) is 1.53. The van der Waals surface area contributed by atoms with Crippen molar-refractivity contribution < 1.29 is 24.3 Å². The van der Waals surface area contributed by atoms with Crippen molar-refractivity contribution in [1.29, 1.82) is 0 Å². The van der Waals surface area contributed by atoms with Gasteiger partial charge in [0.2, 0.25) is 0 Å². The molecule has 0 bridgehead atoms. The van der Waals surface area contributed by atoms with Crippen LogP contribution in [0.25, 0.3) is 0 Å². The fourth-order valence-corrected chi connectivity index (χ4v) is 0.891. The largest absolute Gasteiger partial charge is 0.386 e. The second-order valence-corrected chi connectivity index (χ2v) is 2.75. The van der Waals surface area contributed by atoms with Gasteiger partial charge in [-0.2, -0.15) is 0 Å². The first kappa shape index (κ1) is 11.6. The molecule has 0 N–H and O–H groups in total. The van der Waals surface area contributed by atoms with Gasteiger partial charge >= 0.3 is 11.9 Å². The zero-order chi connectivity index (χ0) is 12.1. The minimum absolute atomic E-state index is 0.0737. The molecule has 1 aromatic rings. The van der Waals surface area contributed by atoms with Gasteiger partial charge in [-0.25, -0.2) is 19.4 Å². The Morgan fingerprint density at radius 2 is 2.00 bits per heavy atom. The topological polar surface area (TPSA) is 95.7 Å². The van der Waals surface area contributed by atoms with E-state index in [-0.39, 0.29) is 11.3 Å². The minimum atomic E-state index is -0.973. The van der Waals surface area contributed by atoms with Crippen molar-refractivity contribution in [3.05, 3.63) is 39.9 Å². The van der Waals surface area contributed by atoms with Gasteiger partial charge in [-0.15, -0.1) is 0 Å². The molecule has 0 heterocycles. The molecule has 0 aliphatic heterocycles. The zero-order valence-electron chi connectivity index (χ0n) is 8.21. The van der Waals surface area contributed by atoms with E-state index < -0.39 is 16.9 Å². The summed E-state index contributed by atoms with van der Waals surface area (Å²) in [7, 11) is 0. The number of hydrogen-bond donors (Lipinski definition) is 0. The highest BCUT2D eigenvalue weighted by Gasteiger charge is 2.14. The standard InChI is InChI=1S/C9H7NO6/c1-6(11)15-16-9(12)7-3-2-4-8(5-7)10(13)14/h2-5H,1H3. The number of nitro groups is 1. The molecule has 0 aliphatic rings. The molecule has 0 radical (unpaired) electrons. The molecule has 16 heavy (non-hydrogen) atoms. The second kappa shape index (κ2) is 4.87. The molecule has 0 fully saturated rings. The van der Waals surface area contributed by atoms with Crippen LogP contribution in [-0.2, 0) is 14.6 Å². The maximum absolute atomic E-state index is 11.2. The van der Waals surface area contributed by atoms with E-state index in [2.05, 4.69) is 9.78 Å². The van der Waals surface area contributed by atoms with E-state index in [9.17, 15) is 19.7 Å². The average molecular weight is 225 g/mol. The summed E-state index contributed by atoms with van der Waals surface area (Å²) in [4.78, 5) is 39.4. The Morgan fingerprint density at radius 1 is 1.31 bits per heavy atom. The highest BCUT2D eigenvalue weighted by molar-refractivity contribution is 5.90. The number of rotatable bonds is 2. The molecule has 1 aromatic carbocycles. The van der Waals surface area contributed by atoms with E-state index >= 15 is 0 Å². The van der Waals surface area contributed by atoms with Gasteiger partial charge in [-0.1, -0.05) is 6.07 Å². The minimum Gasteiger partial charge on any atom is -0.258 e. The SMILES string of the molecule is CC(=O)OOC(=O)c1cccc([N+](=O)[O-])c1. The third-order valence-corrected chi connectivity index (χ3v) is 1.53. The molecule has 0 aliphatic carbocycles. The molecule has 7 heteroatoms. The molecule has 84 valence electrons. The van der Waals surface area contributed by atoms with E-state index in [1.807, 2.05) is 0 Å². The first-order valence-electron chi connectivity index (χ1n) is 4.14. The predicted octanol–water partition coefficient (Wildman–Crippen LogP) is 1.23. The first-order valence-corrected chi connectivity index (χ1v) is 4.14. The van der Waals surface area contributed by atoms with Crippen molar-refractivity contribution in [3.8, 4) is 0 Å². The van der Waals surface area contributed by atoms with Crippen molar-refractivity contribution in [2.45, 2.75) is 6.92 Å². The normalized spacial score (nSPS) is 9.31. The summed E-state index contributed by atoms with van der Waals surface area (Å²) < 4.78 is 0. The maximum Gasteiger partial charge on any atom is 0.386 e. The Morgan fingerprint density at radius 3 is 2.56 bits per heavy atom. The van der Waals surface area contributed by atoms with Crippen molar-refractivity contribution in [2.24, 2.45) is 0 Å². The van der Waals surface area contributed by atoms with Gasteiger partial charge in [-0.3, -0.25) is 10.1 Å². The monoisotopic (exact) mass is 225 g/mol. The van der Waals surface area contributed by atoms with E-state index in [1.165, 1.54) is 18.2 Å². The Balaban J connectivity index is 2.79. The number of nitro benzene ring substituents is 1. The van der Waals surface area contributed by atoms with Crippen LogP contribution in [0.5, 0.6) is 0 Å². The summed E-state index contributed by atoms with van der Waals surface area (Å²) in [6.07, 6.45) is 0. The Bertz CT molecular complexity index is 441. The smallest absolute Gasteiger partial charge is 0.258 e. The number of carbonyl (C=O) groups excluding carboxylic acids is 2. The Labute approximate surface area is 89.7 Å².